The van der Waals surface area contributed by atoms with E-state index in [9.17, 15) is 14.9 Å². The van der Waals surface area contributed by atoms with E-state index < -0.39 is 10.8 Å². The number of nitro groups is 1. The van der Waals surface area contributed by atoms with Crippen LogP contribution in [0.15, 0.2) is 6.20 Å². The fraction of sp³-hybridized carbons (Fsp3) is 0.500. The number of nitrogens with one attached hydrogen (secondary N) is 1. The maximum absolute atomic E-state index is 11.5. The van der Waals surface area contributed by atoms with E-state index in [0.29, 0.717) is 0 Å². The molecule has 0 radical (unpaired) electrons. The number of hydrogen-bond donors (Lipinski definition) is 1. The summed E-state index contributed by atoms with van der Waals surface area (Å²) in [5, 5.41) is 16.9. The number of nitrogens with zero attached hydrogens (tertiary/aromatic N) is 3. The van der Waals surface area contributed by atoms with Crippen molar-refractivity contribution in [1.29, 1.82) is 0 Å². The monoisotopic (exact) mass is 212 g/mol. The van der Waals surface area contributed by atoms with Crippen molar-refractivity contribution in [3.05, 3.63) is 22.0 Å². The predicted molar refractivity (Wildman–Crippen MR) is 52.5 cm³/mol. The third-order valence-electron chi connectivity index (χ3n) is 1.64. The molecule has 0 saturated carbocycles. The molecule has 1 heterocycles. The fourth-order valence-electron chi connectivity index (χ4n) is 1.10. The molecular weight excluding hydrogens is 200 g/mol. The van der Waals surface area contributed by atoms with Gasteiger partial charge in [-0.2, -0.15) is 5.10 Å². The molecule has 0 fully saturated rings. The number of carbonyl (C=O) groups is 1. The second-order valence-electron chi connectivity index (χ2n) is 3.42. The van der Waals surface area contributed by atoms with Gasteiger partial charge in [0.25, 0.3) is 5.91 Å². The van der Waals surface area contributed by atoms with Gasteiger partial charge in [-0.1, -0.05) is 0 Å². The molecule has 0 bridgehead atoms. The summed E-state index contributed by atoms with van der Waals surface area (Å²) in [7, 11) is 1.53. The highest BCUT2D eigenvalue weighted by atomic mass is 16.6. The number of aromatic nitrogens is 2. The molecule has 1 amide bonds. The average Bonchev–Trinajstić information content (AvgIpc) is 2.46. The Kier molecular flexibility index (Phi) is 3.03. The minimum Gasteiger partial charge on any atom is -0.348 e. The maximum atomic E-state index is 11.5. The highest BCUT2D eigenvalue weighted by molar-refractivity contribution is 5.96. The highest BCUT2D eigenvalue weighted by Gasteiger charge is 2.24. The molecular formula is C8H12N4O3. The lowest BCUT2D eigenvalue weighted by Crippen LogP contribution is -2.30. The molecule has 0 spiro atoms. The maximum Gasteiger partial charge on any atom is 0.320 e. The molecule has 0 unspecified atom stereocenters. The van der Waals surface area contributed by atoms with Crippen LogP contribution >= 0.6 is 0 Å². The van der Waals surface area contributed by atoms with Crippen LogP contribution < -0.4 is 5.32 Å². The molecule has 0 aliphatic carbocycles. The van der Waals surface area contributed by atoms with Crippen LogP contribution in [-0.2, 0) is 7.05 Å². The average molecular weight is 212 g/mol. The first-order valence-corrected chi connectivity index (χ1v) is 4.40. The standard InChI is InChI=1S/C8H12N4O3/c1-5(2)9-8(13)7-6(12(14)15)4-11(3)10-7/h4-5H,1-3H3,(H,9,13). The van der Waals surface area contributed by atoms with Gasteiger partial charge in [0.1, 0.15) is 6.20 Å². The fourth-order valence-corrected chi connectivity index (χ4v) is 1.10. The SMILES string of the molecule is CC(C)NC(=O)c1nn(C)cc1[N+](=O)[O-]. The van der Waals surface area contributed by atoms with Gasteiger partial charge in [-0.15, -0.1) is 0 Å². The van der Waals surface area contributed by atoms with Crippen molar-refractivity contribution in [2.24, 2.45) is 7.05 Å². The number of carbonyl (C=O) groups excluding carboxylic acids is 1. The Morgan fingerprint density at radius 1 is 1.67 bits per heavy atom. The van der Waals surface area contributed by atoms with Gasteiger partial charge in [0, 0.05) is 13.1 Å². The van der Waals surface area contributed by atoms with Crippen LogP contribution in [0.5, 0.6) is 0 Å². The quantitative estimate of drug-likeness (QED) is 0.582. The Labute approximate surface area is 86.2 Å². The van der Waals surface area contributed by atoms with E-state index >= 15 is 0 Å². The second kappa shape index (κ2) is 4.07. The van der Waals surface area contributed by atoms with E-state index in [2.05, 4.69) is 10.4 Å². The zero-order chi connectivity index (χ0) is 11.6. The van der Waals surface area contributed by atoms with Crippen LogP contribution in [0, 0.1) is 10.1 Å². The molecule has 0 aromatic carbocycles. The lowest BCUT2D eigenvalue weighted by Gasteiger charge is -2.05. The Balaban J connectivity index is 3.02. The molecule has 82 valence electrons. The summed E-state index contributed by atoms with van der Waals surface area (Å²) in [6.45, 7) is 3.54. The van der Waals surface area contributed by atoms with Crippen molar-refractivity contribution >= 4 is 11.6 Å². The first kappa shape index (κ1) is 11.2. The summed E-state index contributed by atoms with van der Waals surface area (Å²) in [5.74, 6) is -0.530. The van der Waals surface area contributed by atoms with E-state index in [0.717, 1.165) is 0 Å². The number of rotatable bonds is 3. The Bertz CT molecular complexity index is 397. The van der Waals surface area contributed by atoms with E-state index in [1.807, 2.05) is 0 Å². The van der Waals surface area contributed by atoms with Crippen molar-refractivity contribution in [1.82, 2.24) is 15.1 Å². The molecule has 1 aromatic rings. The van der Waals surface area contributed by atoms with Gasteiger partial charge in [-0.05, 0) is 13.8 Å². The summed E-state index contributed by atoms with van der Waals surface area (Å²) < 4.78 is 1.24. The van der Waals surface area contributed by atoms with Crippen LogP contribution in [0.2, 0.25) is 0 Å². The lowest BCUT2D eigenvalue weighted by atomic mass is 10.3. The van der Waals surface area contributed by atoms with Crippen LogP contribution in [0.4, 0.5) is 5.69 Å². The van der Waals surface area contributed by atoms with Crippen molar-refractivity contribution in [3.63, 3.8) is 0 Å². The third kappa shape index (κ3) is 2.52. The van der Waals surface area contributed by atoms with Gasteiger partial charge in [0.15, 0.2) is 0 Å². The van der Waals surface area contributed by atoms with Gasteiger partial charge in [-0.3, -0.25) is 19.6 Å². The van der Waals surface area contributed by atoms with Crippen LogP contribution in [0.25, 0.3) is 0 Å². The van der Waals surface area contributed by atoms with Crippen LogP contribution in [0.3, 0.4) is 0 Å². The zero-order valence-electron chi connectivity index (χ0n) is 8.72. The molecule has 0 aliphatic heterocycles. The molecule has 0 atom stereocenters. The molecule has 15 heavy (non-hydrogen) atoms. The third-order valence-corrected chi connectivity index (χ3v) is 1.64. The van der Waals surface area contributed by atoms with Crippen molar-refractivity contribution in [3.8, 4) is 0 Å². The van der Waals surface area contributed by atoms with E-state index in [4.69, 9.17) is 0 Å². The summed E-state index contributed by atoms with van der Waals surface area (Å²) in [4.78, 5) is 21.5. The van der Waals surface area contributed by atoms with Gasteiger partial charge in [-0.25, -0.2) is 0 Å². The first-order valence-electron chi connectivity index (χ1n) is 4.40. The highest BCUT2D eigenvalue weighted by Crippen LogP contribution is 2.15. The number of amides is 1. The van der Waals surface area contributed by atoms with Gasteiger partial charge in [0.2, 0.25) is 5.69 Å². The van der Waals surface area contributed by atoms with E-state index in [1.165, 1.54) is 17.9 Å². The van der Waals surface area contributed by atoms with Gasteiger partial charge < -0.3 is 5.32 Å². The Morgan fingerprint density at radius 2 is 2.27 bits per heavy atom. The summed E-state index contributed by atoms with van der Waals surface area (Å²) in [5.41, 5.74) is -0.438. The molecule has 1 N–H and O–H groups in total. The molecule has 1 rings (SSSR count). The summed E-state index contributed by atoms with van der Waals surface area (Å²) in [6.07, 6.45) is 1.20. The van der Waals surface area contributed by atoms with Crippen LogP contribution in [0.1, 0.15) is 24.3 Å². The molecule has 7 heteroatoms. The van der Waals surface area contributed by atoms with Gasteiger partial charge >= 0.3 is 5.69 Å². The smallest absolute Gasteiger partial charge is 0.320 e. The van der Waals surface area contributed by atoms with Gasteiger partial charge in [0.05, 0.1) is 4.92 Å². The second-order valence-corrected chi connectivity index (χ2v) is 3.42. The Morgan fingerprint density at radius 3 is 2.73 bits per heavy atom. The summed E-state index contributed by atoms with van der Waals surface area (Å²) in [6, 6.07) is -0.0842. The Hall–Kier alpha value is -1.92. The van der Waals surface area contributed by atoms with Crippen molar-refractivity contribution < 1.29 is 9.72 Å². The lowest BCUT2D eigenvalue weighted by molar-refractivity contribution is -0.385. The van der Waals surface area contributed by atoms with Crippen molar-refractivity contribution in [2.45, 2.75) is 19.9 Å². The van der Waals surface area contributed by atoms with Crippen LogP contribution in [-0.4, -0.2) is 26.7 Å². The largest absolute Gasteiger partial charge is 0.348 e. The topological polar surface area (TPSA) is 90.1 Å². The van der Waals surface area contributed by atoms with Crippen molar-refractivity contribution in [2.75, 3.05) is 0 Å². The normalized spacial score (nSPS) is 10.4. The molecule has 0 aliphatic rings. The minimum atomic E-state index is -0.623. The minimum absolute atomic E-state index is 0.0842. The van der Waals surface area contributed by atoms with E-state index in [1.54, 1.807) is 13.8 Å². The summed E-state index contributed by atoms with van der Waals surface area (Å²) >= 11 is 0. The number of aryl methyl sites for hydroxylation is 1. The molecule has 1 aromatic heterocycles. The van der Waals surface area contributed by atoms with E-state index in [-0.39, 0.29) is 17.4 Å². The first-order chi connectivity index (χ1) is 6.91. The molecule has 0 saturated heterocycles. The predicted octanol–water partition coefficient (Wildman–Crippen LogP) is 0.466. The molecule has 7 nitrogen and oxygen atoms in total. The number of hydrogen-bond acceptors (Lipinski definition) is 4. The zero-order valence-corrected chi connectivity index (χ0v) is 8.72.